The summed E-state index contributed by atoms with van der Waals surface area (Å²) in [4.78, 5) is 4.03. The Hall–Kier alpha value is -1.35. The monoisotopic (exact) mass is 205 g/mol. The van der Waals surface area contributed by atoms with Crippen molar-refractivity contribution in [2.24, 2.45) is 0 Å². The molecule has 1 aromatic heterocycles. The molecule has 0 fully saturated rings. The van der Waals surface area contributed by atoms with Gasteiger partial charge in [-0.1, -0.05) is 19.1 Å². The summed E-state index contributed by atoms with van der Waals surface area (Å²) in [5.74, 6) is 0. The summed E-state index contributed by atoms with van der Waals surface area (Å²) in [6.07, 6.45) is 9.83. The van der Waals surface area contributed by atoms with Crippen LogP contribution in [0.25, 0.3) is 6.08 Å². The molecule has 0 radical (unpaired) electrons. The lowest BCUT2D eigenvalue weighted by atomic mass is 10.2. The Balaban J connectivity index is 2.29. The van der Waals surface area contributed by atoms with Crippen LogP contribution in [-0.2, 0) is 0 Å². The number of hydrogen-bond acceptors (Lipinski definition) is 3. The Morgan fingerprint density at radius 1 is 1.47 bits per heavy atom. The van der Waals surface area contributed by atoms with Crippen LogP contribution in [-0.4, -0.2) is 18.1 Å². The lowest BCUT2D eigenvalue weighted by Crippen LogP contribution is -2.14. The molecule has 15 heavy (non-hydrogen) atoms. The average Bonchev–Trinajstić information content (AvgIpc) is 2.25. The van der Waals surface area contributed by atoms with E-state index >= 15 is 0 Å². The third-order valence-electron chi connectivity index (χ3n) is 2.10. The van der Waals surface area contributed by atoms with Gasteiger partial charge in [-0.2, -0.15) is 0 Å². The maximum Gasteiger partial charge on any atom is 0.0418 e. The van der Waals surface area contributed by atoms with E-state index in [1.807, 2.05) is 12.1 Å². The van der Waals surface area contributed by atoms with E-state index in [9.17, 15) is 0 Å². The van der Waals surface area contributed by atoms with Gasteiger partial charge in [0.15, 0.2) is 0 Å². The van der Waals surface area contributed by atoms with Crippen molar-refractivity contribution < 1.29 is 0 Å². The van der Waals surface area contributed by atoms with E-state index in [1.165, 1.54) is 6.42 Å². The molecule has 0 spiro atoms. The minimum atomic E-state index is 0.780. The van der Waals surface area contributed by atoms with Crippen molar-refractivity contribution >= 4 is 11.8 Å². The van der Waals surface area contributed by atoms with E-state index in [0.29, 0.717) is 0 Å². The fraction of sp³-hybridized carbons (Fsp3) is 0.417. The molecule has 0 bridgehead atoms. The van der Waals surface area contributed by atoms with Crippen molar-refractivity contribution in [3.63, 3.8) is 0 Å². The Labute approximate surface area is 91.4 Å². The zero-order valence-electron chi connectivity index (χ0n) is 9.24. The summed E-state index contributed by atoms with van der Waals surface area (Å²) >= 11 is 0. The van der Waals surface area contributed by atoms with Gasteiger partial charge in [-0.15, -0.1) is 0 Å². The first-order chi connectivity index (χ1) is 7.34. The number of nitrogens with two attached hydrogens (primary N) is 1. The van der Waals surface area contributed by atoms with Crippen molar-refractivity contribution in [2.45, 2.75) is 19.8 Å². The minimum Gasteiger partial charge on any atom is -0.398 e. The highest BCUT2D eigenvalue weighted by molar-refractivity contribution is 5.62. The first kappa shape index (κ1) is 11.7. The molecule has 0 amide bonds. The summed E-state index contributed by atoms with van der Waals surface area (Å²) in [6, 6.07) is 1.81. The van der Waals surface area contributed by atoms with Gasteiger partial charge in [0.05, 0.1) is 0 Å². The van der Waals surface area contributed by atoms with Gasteiger partial charge < -0.3 is 11.1 Å². The van der Waals surface area contributed by atoms with Gasteiger partial charge in [-0.05, 0) is 32.0 Å². The van der Waals surface area contributed by atoms with Gasteiger partial charge in [0.2, 0.25) is 0 Å². The SMILES string of the molecule is CCCNCCC=Cc1cnccc1N. The molecule has 0 atom stereocenters. The van der Waals surface area contributed by atoms with E-state index in [4.69, 9.17) is 5.73 Å². The fourth-order valence-corrected chi connectivity index (χ4v) is 1.25. The molecule has 3 heteroatoms. The fourth-order valence-electron chi connectivity index (χ4n) is 1.25. The van der Waals surface area contributed by atoms with Crippen LogP contribution in [0.4, 0.5) is 5.69 Å². The van der Waals surface area contributed by atoms with Gasteiger partial charge in [0.1, 0.15) is 0 Å². The maximum absolute atomic E-state index is 5.78. The molecule has 0 saturated carbocycles. The van der Waals surface area contributed by atoms with E-state index < -0.39 is 0 Å². The summed E-state index contributed by atoms with van der Waals surface area (Å²) in [7, 11) is 0. The van der Waals surface area contributed by atoms with Crippen LogP contribution < -0.4 is 11.1 Å². The van der Waals surface area contributed by atoms with Gasteiger partial charge in [-0.25, -0.2) is 0 Å². The van der Waals surface area contributed by atoms with Crippen LogP contribution in [0, 0.1) is 0 Å². The first-order valence-corrected chi connectivity index (χ1v) is 5.41. The highest BCUT2D eigenvalue weighted by Gasteiger charge is 1.91. The number of nitrogens with one attached hydrogen (secondary N) is 1. The number of pyridine rings is 1. The number of nitrogens with zero attached hydrogens (tertiary/aromatic N) is 1. The van der Waals surface area contributed by atoms with Crippen molar-refractivity contribution in [2.75, 3.05) is 18.8 Å². The summed E-state index contributed by atoms with van der Waals surface area (Å²) in [6.45, 7) is 4.27. The van der Waals surface area contributed by atoms with Crippen LogP contribution >= 0.6 is 0 Å². The molecule has 0 aromatic carbocycles. The van der Waals surface area contributed by atoms with Gasteiger partial charge in [-0.3, -0.25) is 4.98 Å². The molecule has 82 valence electrons. The maximum atomic E-state index is 5.78. The zero-order chi connectivity index (χ0) is 10.9. The standard InChI is InChI=1S/C12H19N3/c1-2-7-14-8-4-3-5-11-10-15-9-6-12(11)13/h3,5-6,9-10,14H,2,4,7-8H2,1H3,(H2,13,15). The third-order valence-corrected chi connectivity index (χ3v) is 2.10. The van der Waals surface area contributed by atoms with Crippen molar-refractivity contribution in [3.8, 4) is 0 Å². The molecule has 0 unspecified atom stereocenters. The lowest BCUT2D eigenvalue weighted by Gasteiger charge is -1.99. The Bertz CT molecular complexity index is 307. The second kappa shape index (κ2) is 7.01. The van der Waals surface area contributed by atoms with Crippen LogP contribution in [0.1, 0.15) is 25.3 Å². The molecular formula is C12H19N3. The van der Waals surface area contributed by atoms with Crippen LogP contribution in [0.3, 0.4) is 0 Å². The van der Waals surface area contributed by atoms with Gasteiger partial charge >= 0.3 is 0 Å². The molecule has 3 N–H and O–H groups in total. The lowest BCUT2D eigenvalue weighted by molar-refractivity contribution is 0.679. The van der Waals surface area contributed by atoms with Crippen molar-refractivity contribution in [3.05, 3.63) is 30.1 Å². The van der Waals surface area contributed by atoms with Crippen LogP contribution in [0.5, 0.6) is 0 Å². The normalized spacial score (nSPS) is 11.0. The minimum absolute atomic E-state index is 0.780. The molecule has 3 nitrogen and oxygen atoms in total. The number of hydrogen-bond donors (Lipinski definition) is 2. The number of aromatic nitrogens is 1. The summed E-state index contributed by atoms with van der Waals surface area (Å²) in [5, 5.41) is 3.34. The molecular weight excluding hydrogens is 186 g/mol. The Morgan fingerprint density at radius 2 is 2.33 bits per heavy atom. The molecule has 0 aliphatic rings. The van der Waals surface area contributed by atoms with Crippen LogP contribution in [0.2, 0.25) is 0 Å². The number of anilines is 1. The average molecular weight is 205 g/mol. The van der Waals surface area contributed by atoms with Gasteiger partial charge in [0, 0.05) is 23.6 Å². The molecule has 1 rings (SSSR count). The largest absolute Gasteiger partial charge is 0.398 e. The number of nitrogen functional groups attached to an aromatic ring is 1. The Kier molecular flexibility index (Phi) is 5.48. The molecule has 1 heterocycles. The zero-order valence-corrected chi connectivity index (χ0v) is 9.24. The van der Waals surface area contributed by atoms with E-state index in [2.05, 4.69) is 23.3 Å². The van der Waals surface area contributed by atoms with Crippen LogP contribution in [0.15, 0.2) is 24.5 Å². The first-order valence-electron chi connectivity index (χ1n) is 5.41. The molecule has 1 aromatic rings. The second-order valence-corrected chi connectivity index (χ2v) is 3.45. The molecule has 0 saturated heterocycles. The third kappa shape index (κ3) is 4.61. The summed E-state index contributed by atoms with van der Waals surface area (Å²) < 4.78 is 0. The molecule has 0 aliphatic heterocycles. The van der Waals surface area contributed by atoms with E-state index in [-0.39, 0.29) is 0 Å². The highest BCUT2D eigenvalue weighted by atomic mass is 14.8. The number of rotatable bonds is 6. The van der Waals surface area contributed by atoms with Crippen molar-refractivity contribution in [1.29, 1.82) is 0 Å². The predicted molar refractivity (Wildman–Crippen MR) is 65.5 cm³/mol. The predicted octanol–water partition coefficient (Wildman–Crippen LogP) is 2.07. The topological polar surface area (TPSA) is 50.9 Å². The smallest absolute Gasteiger partial charge is 0.0418 e. The second-order valence-electron chi connectivity index (χ2n) is 3.45. The Morgan fingerprint density at radius 3 is 3.07 bits per heavy atom. The van der Waals surface area contributed by atoms with E-state index in [0.717, 1.165) is 30.8 Å². The highest BCUT2D eigenvalue weighted by Crippen LogP contribution is 2.10. The van der Waals surface area contributed by atoms with E-state index in [1.54, 1.807) is 12.4 Å². The van der Waals surface area contributed by atoms with Gasteiger partial charge in [0.25, 0.3) is 0 Å². The molecule has 0 aliphatic carbocycles. The quantitative estimate of drug-likeness (QED) is 0.699. The van der Waals surface area contributed by atoms with Crippen molar-refractivity contribution in [1.82, 2.24) is 10.3 Å². The summed E-state index contributed by atoms with van der Waals surface area (Å²) in [5.41, 5.74) is 7.55.